The third-order valence-electron chi connectivity index (χ3n) is 5.09. The predicted molar refractivity (Wildman–Crippen MR) is 144 cm³/mol. The number of carbonyl (C=O) groups is 4. The quantitative estimate of drug-likeness (QED) is 0.156. The minimum absolute atomic E-state index is 0.126. The summed E-state index contributed by atoms with van der Waals surface area (Å²) in [5.41, 5.74) is 0.684. The number of benzene rings is 2. The Kier molecular flexibility index (Phi) is 9.16. The SMILES string of the molecule is CCOc1ccccc1NC(=O)COC(=O)[C@@H](C(C)C)N1C(=O)c2c(Br)c(Br)c(Br)c(Br)c2C1=O. The molecule has 1 aliphatic heterocycles. The van der Waals surface area contributed by atoms with Crippen LogP contribution < -0.4 is 10.1 Å². The van der Waals surface area contributed by atoms with Crippen molar-refractivity contribution in [3.8, 4) is 5.75 Å². The fourth-order valence-electron chi connectivity index (χ4n) is 3.55. The minimum Gasteiger partial charge on any atom is -0.492 e. The van der Waals surface area contributed by atoms with Gasteiger partial charge in [0.25, 0.3) is 17.7 Å². The number of nitrogens with zero attached hydrogens (tertiary/aromatic N) is 1. The Hall–Kier alpha value is -1.76. The van der Waals surface area contributed by atoms with Crippen molar-refractivity contribution in [1.82, 2.24) is 4.90 Å². The normalized spacial score (nSPS) is 13.7. The van der Waals surface area contributed by atoms with Crippen LogP contribution in [-0.4, -0.2) is 47.8 Å². The Balaban J connectivity index is 1.79. The van der Waals surface area contributed by atoms with Gasteiger partial charge in [-0.05, 0) is 88.7 Å². The van der Waals surface area contributed by atoms with Gasteiger partial charge < -0.3 is 14.8 Å². The van der Waals surface area contributed by atoms with Crippen molar-refractivity contribution < 1.29 is 28.7 Å². The molecule has 0 aromatic heterocycles. The van der Waals surface area contributed by atoms with Gasteiger partial charge in [-0.2, -0.15) is 0 Å². The molecule has 1 heterocycles. The molecule has 186 valence electrons. The van der Waals surface area contributed by atoms with E-state index in [2.05, 4.69) is 69.0 Å². The molecule has 0 fully saturated rings. The van der Waals surface area contributed by atoms with E-state index in [1.54, 1.807) is 38.1 Å². The lowest BCUT2D eigenvalue weighted by Crippen LogP contribution is -2.49. The minimum atomic E-state index is -1.23. The van der Waals surface area contributed by atoms with Crippen molar-refractivity contribution in [1.29, 1.82) is 0 Å². The highest BCUT2D eigenvalue weighted by Crippen LogP contribution is 2.46. The highest BCUT2D eigenvalue weighted by Gasteiger charge is 2.47. The summed E-state index contributed by atoms with van der Waals surface area (Å²) >= 11 is 13.5. The summed E-state index contributed by atoms with van der Waals surface area (Å²) in [5.74, 6) is -2.74. The number of anilines is 1. The highest BCUT2D eigenvalue weighted by molar-refractivity contribution is 9.15. The van der Waals surface area contributed by atoms with Gasteiger partial charge in [0.1, 0.15) is 11.8 Å². The molecule has 8 nitrogen and oxygen atoms in total. The molecule has 3 amide bonds. The molecule has 2 aromatic rings. The Morgan fingerprint density at radius 2 is 1.49 bits per heavy atom. The highest BCUT2D eigenvalue weighted by atomic mass is 79.9. The fourth-order valence-corrected chi connectivity index (χ4v) is 6.01. The van der Waals surface area contributed by atoms with Crippen LogP contribution in [0, 0.1) is 5.92 Å². The number of hydrogen-bond donors (Lipinski definition) is 1. The molecule has 0 unspecified atom stereocenters. The number of carbonyl (C=O) groups excluding carboxylic acids is 4. The first-order chi connectivity index (χ1) is 16.5. The molecule has 1 aliphatic rings. The van der Waals surface area contributed by atoms with Crippen LogP contribution in [0.5, 0.6) is 5.75 Å². The van der Waals surface area contributed by atoms with Gasteiger partial charge in [-0.1, -0.05) is 26.0 Å². The maximum Gasteiger partial charge on any atom is 0.330 e. The van der Waals surface area contributed by atoms with Crippen LogP contribution in [0.4, 0.5) is 5.69 Å². The monoisotopic (exact) mass is 736 g/mol. The van der Waals surface area contributed by atoms with Crippen LogP contribution in [0.2, 0.25) is 0 Å². The van der Waals surface area contributed by atoms with E-state index in [-0.39, 0.29) is 11.1 Å². The molecule has 1 N–H and O–H groups in total. The van der Waals surface area contributed by atoms with E-state index in [0.29, 0.717) is 35.9 Å². The average Bonchev–Trinajstić information content (AvgIpc) is 3.06. The molecule has 0 bridgehead atoms. The average molecular weight is 740 g/mol. The largest absolute Gasteiger partial charge is 0.492 e. The van der Waals surface area contributed by atoms with E-state index >= 15 is 0 Å². The number of para-hydroxylation sites is 2. The van der Waals surface area contributed by atoms with E-state index < -0.39 is 42.3 Å². The predicted octanol–water partition coefficient (Wildman–Crippen LogP) is 5.94. The summed E-state index contributed by atoms with van der Waals surface area (Å²) in [6.07, 6.45) is 0. The molecule has 3 rings (SSSR count). The summed E-state index contributed by atoms with van der Waals surface area (Å²) in [4.78, 5) is 52.9. The lowest BCUT2D eigenvalue weighted by atomic mass is 10.0. The van der Waals surface area contributed by atoms with Crippen LogP contribution >= 0.6 is 63.7 Å². The van der Waals surface area contributed by atoms with Crippen LogP contribution in [0.15, 0.2) is 42.2 Å². The standard InChI is InChI=1S/C23H20Br4N2O6/c1-4-34-12-8-6-5-7-11(12)28-13(30)9-35-23(33)20(10(2)3)29-21(31)14-15(22(29)32)17(25)19(27)18(26)16(14)24/h5-8,10,20H,4,9H2,1-3H3,(H,28,30)/t20-/m1/s1. The van der Waals surface area contributed by atoms with Gasteiger partial charge in [0.2, 0.25) is 0 Å². The van der Waals surface area contributed by atoms with Gasteiger partial charge in [-0.15, -0.1) is 0 Å². The van der Waals surface area contributed by atoms with Crippen LogP contribution in [0.3, 0.4) is 0 Å². The number of halogens is 4. The lowest BCUT2D eigenvalue weighted by molar-refractivity contribution is -0.152. The Bertz CT molecular complexity index is 1170. The number of nitrogens with one attached hydrogen (secondary N) is 1. The molecule has 0 saturated carbocycles. The van der Waals surface area contributed by atoms with Gasteiger partial charge in [-0.25, -0.2) is 4.79 Å². The lowest BCUT2D eigenvalue weighted by Gasteiger charge is -2.27. The maximum absolute atomic E-state index is 13.3. The van der Waals surface area contributed by atoms with Crippen molar-refractivity contribution in [2.45, 2.75) is 26.8 Å². The number of esters is 1. The van der Waals surface area contributed by atoms with E-state index in [1.807, 2.05) is 6.92 Å². The van der Waals surface area contributed by atoms with E-state index in [4.69, 9.17) is 9.47 Å². The molecule has 35 heavy (non-hydrogen) atoms. The van der Waals surface area contributed by atoms with Gasteiger partial charge in [0.05, 0.1) is 23.4 Å². The Labute approximate surface area is 235 Å². The number of imide groups is 1. The zero-order chi connectivity index (χ0) is 26.0. The summed E-state index contributed by atoms with van der Waals surface area (Å²) in [6, 6.07) is 5.63. The second-order valence-corrected chi connectivity index (χ2v) is 10.9. The summed E-state index contributed by atoms with van der Waals surface area (Å²) in [7, 11) is 0. The number of rotatable bonds is 8. The number of fused-ring (bicyclic) bond motifs is 1. The van der Waals surface area contributed by atoms with Crippen molar-refractivity contribution in [2.75, 3.05) is 18.5 Å². The van der Waals surface area contributed by atoms with E-state index in [1.165, 1.54) is 0 Å². The molecule has 2 aromatic carbocycles. The molecular formula is C23H20Br4N2O6. The smallest absolute Gasteiger partial charge is 0.330 e. The van der Waals surface area contributed by atoms with Gasteiger partial charge in [0.15, 0.2) is 6.61 Å². The first kappa shape index (κ1) is 27.8. The number of hydrogen-bond acceptors (Lipinski definition) is 6. The second-order valence-electron chi connectivity index (χ2n) is 7.76. The van der Waals surface area contributed by atoms with Crippen molar-refractivity contribution in [3.05, 3.63) is 53.3 Å². The van der Waals surface area contributed by atoms with E-state index in [9.17, 15) is 19.2 Å². The summed E-state index contributed by atoms with van der Waals surface area (Å²) in [5, 5.41) is 2.64. The third kappa shape index (κ3) is 5.50. The van der Waals surface area contributed by atoms with Gasteiger partial charge in [-0.3, -0.25) is 19.3 Å². The Morgan fingerprint density at radius 3 is 2.00 bits per heavy atom. The van der Waals surface area contributed by atoms with Crippen LogP contribution in [0.25, 0.3) is 0 Å². The van der Waals surface area contributed by atoms with Gasteiger partial charge in [0, 0.05) is 17.9 Å². The first-order valence-corrected chi connectivity index (χ1v) is 13.6. The molecule has 12 heteroatoms. The zero-order valence-corrected chi connectivity index (χ0v) is 25.1. The topological polar surface area (TPSA) is 102 Å². The molecule has 0 spiro atoms. The number of ether oxygens (including phenoxy) is 2. The number of amides is 3. The summed E-state index contributed by atoms with van der Waals surface area (Å²) < 4.78 is 12.6. The molecule has 1 atom stereocenters. The van der Waals surface area contributed by atoms with Crippen LogP contribution in [-0.2, 0) is 14.3 Å². The van der Waals surface area contributed by atoms with E-state index in [0.717, 1.165) is 4.90 Å². The fraction of sp³-hybridized carbons (Fsp3) is 0.304. The van der Waals surface area contributed by atoms with Crippen molar-refractivity contribution in [3.63, 3.8) is 0 Å². The summed E-state index contributed by atoms with van der Waals surface area (Å²) in [6.45, 7) is 5.00. The van der Waals surface area contributed by atoms with Crippen LogP contribution in [0.1, 0.15) is 41.5 Å². The first-order valence-electron chi connectivity index (χ1n) is 10.4. The maximum atomic E-state index is 13.3. The second kappa shape index (κ2) is 11.5. The third-order valence-corrected chi connectivity index (χ3v) is 9.86. The molecular weight excluding hydrogens is 720 g/mol. The van der Waals surface area contributed by atoms with Gasteiger partial charge >= 0.3 is 5.97 Å². The molecule has 0 radical (unpaired) electrons. The van der Waals surface area contributed by atoms with Crippen molar-refractivity contribution >= 4 is 93.1 Å². The van der Waals surface area contributed by atoms with Crippen molar-refractivity contribution in [2.24, 2.45) is 5.92 Å². The molecule has 0 saturated heterocycles. The molecule has 0 aliphatic carbocycles. The zero-order valence-electron chi connectivity index (χ0n) is 18.8. The Morgan fingerprint density at radius 1 is 0.943 bits per heavy atom.